The van der Waals surface area contributed by atoms with Gasteiger partial charge >= 0.3 is 0 Å². The maximum Gasteiger partial charge on any atom is -0.00199 e. The molecule has 0 saturated carbocycles. The van der Waals surface area contributed by atoms with Crippen LogP contribution in [-0.4, -0.2) is 0 Å². The summed E-state index contributed by atoms with van der Waals surface area (Å²) in [6.07, 6.45) is 0. The summed E-state index contributed by atoms with van der Waals surface area (Å²) in [6, 6.07) is 23.6. The fourth-order valence-corrected chi connectivity index (χ4v) is 1.73. The fourth-order valence-electron chi connectivity index (χ4n) is 1.73. The first-order chi connectivity index (χ1) is 6.95. The quantitative estimate of drug-likeness (QED) is 0.459. The van der Waals surface area contributed by atoms with Crippen molar-refractivity contribution in [3.05, 3.63) is 60.7 Å². The first kappa shape index (κ1) is 7.57. The minimum atomic E-state index is 1.04. The van der Waals surface area contributed by atoms with Crippen molar-refractivity contribution in [1.29, 1.82) is 0 Å². The lowest BCUT2D eigenvalue weighted by molar-refractivity contribution is 1.74. The highest BCUT2D eigenvalue weighted by Gasteiger charge is 1.98. The lowest BCUT2D eigenvalue weighted by atomic mass is 10.0. The zero-order valence-corrected chi connectivity index (χ0v) is 7.54. The van der Waals surface area contributed by atoms with Gasteiger partial charge in [0, 0.05) is 0 Å². The van der Waals surface area contributed by atoms with Gasteiger partial charge in [-0.3, -0.25) is 0 Å². The Morgan fingerprint density at radius 2 is 1.57 bits per heavy atom. The smallest absolute Gasteiger partial charge is 0.00199 e. The molecule has 14 heavy (non-hydrogen) atoms. The SMILES string of the molecule is [c]1cccc2c1[c]cc1[c]cccc12. The molecule has 0 fully saturated rings. The zero-order valence-electron chi connectivity index (χ0n) is 7.54. The third-order valence-electron chi connectivity index (χ3n) is 2.40. The maximum absolute atomic E-state index is 3.21. The molecule has 0 aromatic heterocycles. The number of rotatable bonds is 0. The first-order valence-corrected chi connectivity index (χ1v) is 4.57. The molecule has 0 spiro atoms. The van der Waals surface area contributed by atoms with Gasteiger partial charge < -0.3 is 0 Å². The van der Waals surface area contributed by atoms with E-state index in [9.17, 15) is 0 Å². The summed E-state index contributed by atoms with van der Waals surface area (Å²) in [6.45, 7) is 0. The van der Waals surface area contributed by atoms with Crippen LogP contribution in [0.2, 0.25) is 0 Å². The maximum atomic E-state index is 3.21. The molecule has 0 atom stereocenters. The van der Waals surface area contributed by atoms with Crippen molar-refractivity contribution in [1.82, 2.24) is 0 Å². The van der Waals surface area contributed by atoms with Crippen LogP contribution in [0.4, 0.5) is 0 Å². The molecular formula is C14H7. The number of fused-ring (bicyclic) bond motifs is 3. The highest BCUT2D eigenvalue weighted by molar-refractivity contribution is 6.06. The molecule has 3 radical (unpaired) electrons. The van der Waals surface area contributed by atoms with Crippen LogP contribution in [0.15, 0.2) is 42.5 Å². The second-order valence-electron chi connectivity index (χ2n) is 3.24. The average Bonchev–Trinajstić information content (AvgIpc) is 2.29. The van der Waals surface area contributed by atoms with Crippen LogP contribution in [0.5, 0.6) is 0 Å². The van der Waals surface area contributed by atoms with Crippen LogP contribution in [0.3, 0.4) is 0 Å². The predicted molar refractivity (Wildman–Crippen MR) is 58.0 cm³/mol. The predicted octanol–water partition coefficient (Wildman–Crippen LogP) is 3.39. The van der Waals surface area contributed by atoms with E-state index in [-0.39, 0.29) is 0 Å². The van der Waals surface area contributed by atoms with Gasteiger partial charge in [0.05, 0.1) is 0 Å². The molecule has 0 aliphatic rings. The van der Waals surface area contributed by atoms with E-state index in [1.807, 2.05) is 30.3 Å². The van der Waals surface area contributed by atoms with E-state index in [1.165, 1.54) is 10.8 Å². The van der Waals surface area contributed by atoms with Gasteiger partial charge in [0.15, 0.2) is 0 Å². The monoisotopic (exact) mass is 175 g/mol. The Hall–Kier alpha value is -1.82. The summed E-state index contributed by atoms with van der Waals surface area (Å²) in [4.78, 5) is 0. The third-order valence-corrected chi connectivity index (χ3v) is 2.40. The number of hydrogen-bond donors (Lipinski definition) is 0. The Morgan fingerprint density at radius 3 is 2.50 bits per heavy atom. The van der Waals surface area contributed by atoms with Crippen LogP contribution < -0.4 is 0 Å². The van der Waals surface area contributed by atoms with E-state index in [4.69, 9.17) is 0 Å². The van der Waals surface area contributed by atoms with Gasteiger partial charge in [-0.1, -0.05) is 36.4 Å². The Morgan fingerprint density at radius 1 is 0.786 bits per heavy atom. The first-order valence-electron chi connectivity index (χ1n) is 4.57. The van der Waals surface area contributed by atoms with Crippen LogP contribution in [-0.2, 0) is 0 Å². The topological polar surface area (TPSA) is 0 Å². The van der Waals surface area contributed by atoms with Gasteiger partial charge in [-0.05, 0) is 45.8 Å². The zero-order chi connectivity index (χ0) is 9.38. The molecule has 0 aliphatic carbocycles. The normalized spacial score (nSPS) is 10.9. The van der Waals surface area contributed by atoms with Crippen LogP contribution in [0.1, 0.15) is 0 Å². The Bertz CT molecular complexity index is 539. The van der Waals surface area contributed by atoms with Crippen molar-refractivity contribution < 1.29 is 0 Å². The van der Waals surface area contributed by atoms with E-state index in [1.54, 1.807) is 0 Å². The molecule has 0 heterocycles. The molecule has 3 rings (SSSR count). The molecule has 0 aliphatic heterocycles. The molecule has 0 N–H and O–H groups in total. The van der Waals surface area contributed by atoms with Crippen molar-refractivity contribution in [3.8, 4) is 0 Å². The van der Waals surface area contributed by atoms with Gasteiger partial charge in [0.25, 0.3) is 0 Å². The summed E-state index contributed by atoms with van der Waals surface area (Å²) in [7, 11) is 0. The molecule has 0 amide bonds. The Balaban J connectivity index is 2.61. The second kappa shape index (κ2) is 2.85. The molecule has 0 saturated heterocycles. The van der Waals surface area contributed by atoms with E-state index >= 15 is 0 Å². The summed E-state index contributed by atoms with van der Waals surface area (Å²) < 4.78 is 0. The molecule has 3 aromatic rings. The summed E-state index contributed by atoms with van der Waals surface area (Å²) in [5, 5.41) is 4.57. The largest absolute Gasteiger partial charge is 0.0610 e. The highest BCUT2D eigenvalue weighted by atomic mass is 14.0. The minimum Gasteiger partial charge on any atom is -0.0610 e. The minimum absolute atomic E-state index is 1.04. The number of benzene rings is 3. The van der Waals surface area contributed by atoms with Gasteiger partial charge in [-0.25, -0.2) is 0 Å². The van der Waals surface area contributed by atoms with Gasteiger partial charge in [-0.15, -0.1) is 0 Å². The van der Waals surface area contributed by atoms with Gasteiger partial charge in [0.1, 0.15) is 0 Å². The second-order valence-corrected chi connectivity index (χ2v) is 3.24. The van der Waals surface area contributed by atoms with Crippen molar-refractivity contribution in [2.24, 2.45) is 0 Å². The summed E-state index contributed by atoms with van der Waals surface area (Å²) in [5.41, 5.74) is 0. The molecule has 0 bridgehead atoms. The Labute approximate surface area is 82.8 Å². The number of hydrogen-bond acceptors (Lipinski definition) is 0. The van der Waals surface area contributed by atoms with E-state index < -0.39 is 0 Å². The highest BCUT2D eigenvalue weighted by Crippen LogP contribution is 2.23. The molecule has 0 nitrogen and oxygen atoms in total. The van der Waals surface area contributed by atoms with E-state index in [0.717, 1.165) is 10.8 Å². The molecule has 0 heteroatoms. The standard InChI is InChI=1S/C14H7/c1-3-7-13-11(5-1)9-10-12-6-2-4-8-14(12)13/h1-4,7-9H. The van der Waals surface area contributed by atoms with E-state index in [2.05, 4.69) is 30.3 Å². The average molecular weight is 175 g/mol. The molecular weight excluding hydrogens is 168 g/mol. The van der Waals surface area contributed by atoms with Crippen molar-refractivity contribution in [2.45, 2.75) is 0 Å². The van der Waals surface area contributed by atoms with Crippen LogP contribution in [0.25, 0.3) is 21.5 Å². The lowest BCUT2D eigenvalue weighted by Gasteiger charge is -2.01. The van der Waals surface area contributed by atoms with Gasteiger partial charge in [0.2, 0.25) is 0 Å². The molecule has 63 valence electrons. The molecule has 0 unspecified atom stereocenters. The lowest BCUT2D eigenvalue weighted by Crippen LogP contribution is -1.76. The molecule has 3 aromatic carbocycles. The third kappa shape index (κ3) is 1.01. The van der Waals surface area contributed by atoms with E-state index in [0.29, 0.717) is 0 Å². The van der Waals surface area contributed by atoms with Gasteiger partial charge in [-0.2, -0.15) is 0 Å². The van der Waals surface area contributed by atoms with Crippen LogP contribution in [0, 0.1) is 18.2 Å². The van der Waals surface area contributed by atoms with Crippen LogP contribution >= 0.6 is 0 Å². The fraction of sp³-hybridized carbons (Fsp3) is 0. The summed E-state index contributed by atoms with van der Waals surface area (Å²) in [5.74, 6) is 0. The van der Waals surface area contributed by atoms with Crippen molar-refractivity contribution in [3.63, 3.8) is 0 Å². The van der Waals surface area contributed by atoms with Crippen molar-refractivity contribution >= 4 is 21.5 Å². The summed E-state index contributed by atoms with van der Waals surface area (Å²) >= 11 is 0. The van der Waals surface area contributed by atoms with Crippen molar-refractivity contribution in [2.75, 3.05) is 0 Å². The Kier molecular flexibility index (Phi) is 1.54.